The fourth-order valence-electron chi connectivity index (χ4n) is 4.12. The summed E-state index contributed by atoms with van der Waals surface area (Å²) in [6, 6.07) is 7.84. The molecule has 1 heterocycles. The number of phenolic OH excluding ortho intramolecular Hbond substituents is 1. The molecule has 1 aromatic carbocycles. The molecule has 0 bridgehead atoms. The molecule has 1 saturated carbocycles. The molecule has 5 nitrogen and oxygen atoms in total. The molecular weight excluding hydrogens is 429 g/mol. The van der Waals surface area contributed by atoms with Gasteiger partial charge in [-0.2, -0.15) is 0 Å². The van der Waals surface area contributed by atoms with Crippen LogP contribution in [0.5, 0.6) is 5.75 Å². The average Bonchev–Trinajstić information content (AvgIpc) is 3.03. The molecule has 6 heteroatoms. The van der Waals surface area contributed by atoms with Gasteiger partial charge in [-0.25, -0.2) is 0 Å². The Morgan fingerprint density at radius 1 is 1.32 bits per heavy atom. The highest BCUT2D eigenvalue weighted by Gasteiger charge is 2.59. The van der Waals surface area contributed by atoms with Crippen molar-refractivity contribution in [2.75, 3.05) is 20.2 Å². The van der Waals surface area contributed by atoms with Crippen LogP contribution in [-0.2, 0) is 11.2 Å². The maximum Gasteiger partial charge on any atom is 0.191 e. The smallest absolute Gasteiger partial charge is 0.191 e. The number of aryl methyl sites for hydroxylation is 1. The highest BCUT2D eigenvalue weighted by molar-refractivity contribution is 14.0. The van der Waals surface area contributed by atoms with E-state index in [1.807, 2.05) is 19.2 Å². The summed E-state index contributed by atoms with van der Waals surface area (Å²) in [5.41, 5.74) is 1.40. The van der Waals surface area contributed by atoms with E-state index in [2.05, 4.69) is 29.5 Å². The number of ether oxygens (including phenoxy) is 1. The van der Waals surface area contributed by atoms with Crippen LogP contribution in [0, 0.1) is 11.3 Å². The Morgan fingerprint density at radius 3 is 2.72 bits per heavy atom. The van der Waals surface area contributed by atoms with Gasteiger partial charge in [-0.05, 0) is 37.0 Å². The molecule has 2 aliphatic rings. The van der Waals surface area contributed by atoms with E-state index in [1.54, 1.807) is 12.1 Å². The summed E-state index contributed by atoms with van der Waals surface area (Å²) in [6.45, 7) is 6.30. The lowest BCUT2D eigenvalue weighted by Crippen LogP contribution is -2.67. The molecular formula is C19H30IN3O2. The molecule has 3 unspecified atom stereocenters. The number of phenols is 1. The van der Waals surface area contributed by atoms with Crippen LogP contribution in [0.1, 0.15) is 32.3 Å². The zero-order valence-corrected chi connectivity index (χ0v) is 17.6. The first-order valence-electron chi connectivity index (χ1n) is 8.89. The van der Waals surface area contributed by atoms with E-state index in [4.69, 9.17) is 4.74 Å². The molecule has 0 radical (unpaired) electrons. The number of hydrogen-bond acceptors (Lipinski definition) is 3. The number of halogens is 1. The molecule has 3 atom stereocenters. The number of benzene rings is 1. The van der Waals surface area contributed by atoms with Gasteiger partial charge in [0.15, 0.2) is 5.96 Å². The van der Waals surface area contributed by atoms with Gasteiger partial charge in [-0.15, -0.1) is 24.0 Å². The largest absolute Gasteiger partial charge is 0.508 e. The van der Waals surface area contributed by atoms with Crippen molar-refractivity contribution < 1.29 is 9.84 Å². The standard InChI is InChI=1S/C19H29N3O2.HI/c1-19(2)16(15-10-12-24-17(15)19)22-18(20-3)21-11-4-5-13-6-8-14(23)9-7-13;/h6-9,15-17,23H,4-5,10-12H2,1-3H3,(H2,20,21,22);1H. The highest BCUT2D eigenvalue weighted by atomic mass is 127. The normalized spacial score (nSPS) is 27.0. The molecule has 25 heavy (non-hydrogen) atoms. The first-order chi connectivity index (χ1) is 11.5. The topological polar surface area (TPSA) is 65.9 Å². The molecule has 1 aliphatic heterocycles. The molecule has 0 spiro atoms. The Balaban J connectivity index is 0.00000225. The predicted octanol–water partition coefficient (Wildman–Crippen LogP) is 2.92. The monoisotopic (exact) mass is 459 g/mol. The third-order valence-electron chi connectivity index (χ3n) is 5.49. The number of guanidine groups is 1. The van der Waals surface area contributed by atoms with Crippen molar-refractivity contribution in [3.05, 3.63) is 29.8 Å². The Bertz CT molecular complexity index is 589. The molecule has 1 saturated heterocycles. The Hall–Kier alpha value is -1.02. The van der Waals surface area contributed by atoms with Crippen LogP contribution in [-0.4, -0.2) is 43.4 Å². The maximum absolute atomic E-state index is 9.31. The van der Waals surface area contributed by atoms with Crippen molar-refractivity contribution in [1.29, 1.82) is 0 Å². The minimum absolute atomic E-state index is 0. The van der Waals surface area contributed by atoms with Gasteiger partial charge >= 0.3 is 0 Å². The SMILES string of the molecule is CN=C(NCCCc1ccc(O)cc1)NC1C2CCOC2C1(C)C.I. The van der Waals surface area contributed by atoms with Gasteiger partial charge in [0.05, 0.1) is 6.10 Å². The van der Waals surface area contributed by atoms with Crippen LogP contribution < -0.4 is 10.6 Å². The minimum Gasteiger partial charge on any atom is -0.508 e. The summed E-state index contributed by atoms with van der Waals surface area (Å²) in [5, 5.41) is 16.3. The van der Waals surface area contributed by atoms with Crippen LogP contribution in [0.25, 0.3) is 0 Å². The van der Waals surface area contributed by atoms with E-state index in [0.29, 0.717) is 23.8 Å². The minimum atomic E-state index is 0. The first-order valence-corrected chi connectivity index (χ1v) is 8.89. The van der Waals surface area contributed by atoms with Gasteiger partial charge < -0.3 is 20.5 Å². The number of hydrogen-bond donors (Lipinski definition) is 3. The quantitative estimate of drug-likeness (QED) is 0.274. The van der Waals surface area contributed by atoms with Crippen molar-refractivity contribution in [1.82, 2.24) is 10.6 Å². The second-order valence-corrected chi connectivity index (χ2v) is 7.46. The zero-order chi connectivity index (χ0) is 17.2. The summed E-state index contributed by atoms with van der Waals surface area (Å²) in [7, 11) is 1.82. The lowest BCUT2D eigenvalue weighted by atomic mass is 9.57. The van der Waals surface area contributed by atoms with Crippen LogP contribution in [0.3, 0.4) is 0 Å². The molecule has 1 aliphatic carbocycles. The highest BCUT2D eigenvalue weighted by Crippen LogP contribution is 2.52. The fraction of sp³-hybridized carbons (Fsp3) is 0.632. The number of fused-ring (bicyclic) bond motifs is 1. The number of aromatic hydroxyl groups is 1. The van der Waals surface area contributed by atoms with Crippen molar-refractivity contribution >= 4 is 29.9 Å². The number of aliphatic imine (C=N–C) groups is 1. The summed E-state index contributed by atoms with van der Waals surface area (Å²) < 4.78 is 5.85. The molecule has 0 aromatic heterocycles. The number of rotatable bonds is 5. The van der Waals surface area contributed by atoms with Gasteiger partial charge in [-0.1, -0.05) is 26.0 Å². The van der Waals surface area contributed by atoms with Crippen molar-refractivity contribution in [3.8, 4) is 5.75 Å². The van der Waals surface area contributed by atoms with Crippen LogP contribution >= 0.6 is 24.0 Å². The van der Waals surface area contributed by atoms with Gasteiger partial charge in [0.25, 0.3) is 0 Å². The second kappa shape index (κ2) is 8.58. The van der Waals surface area contributed by atoms with E-state index in [0.717, 1.165) is 38.4 Å². The Kier molecular flexibility index (Phi) is 6.96. The first kappa shape index (κ1) is 20.3. The lowest BCUT2D eigenvalue weighted by molar-refractivity contribution is -0.106. The maximum atomic E-state index is 9.31. The molecule has 140 valence electrons. The van der Waals surface area contributed by atoms with Crippen molar-refractivity contribution in [2.45, 2.75) is 45.3 Å². The van der Waals surface area contributed by atoms with Crippen LogP contribution in [0.15, 0.2) is 29.3 Å². The molecule has 3 rings (SSSR count). The summed E-state index contributed by atoms with van der Waals surface area (Å²) in [5.74, 6) is 1.80. The number of nitrogens with zero attached hydrogens (tertiary/aromatic N) is 1. The van der Waals surface area contributed by atoms with Crippen molar-refractivity contribution in [3.63, 3.8) is 0 Å². The van der Waals surface area contributed by atoms with E-state index >= 15 is 0 Å². The van der Waals surface area contributed by atoms with E-state index in [1.165, 1.54) is 5.56 Å². The lowest BCUT2D eigenvalue weighted by Gasteiger charge is -2.54. The van der Waals surface area contributed by atoms with Crippen LogP contribution in [0.2, 0.25) is 0 Å². The molecule has 2 fully saturated rings. The van der Waals surface area contributed by atoms with Gasteiger partial charge in [0, 0.05) is 37.6 Å². The van der Waals surface area contributed by atoms with Crippen molar-refractivity contribution in [2.24, 2.45) is 16.3 Å². The zero-order valence-electron chi connectivity index (χ0n) is 15.3. The summed E-state index contributed by atoms with van der Waals surface area (Å²) in [4.78, 5) is 4.37. The van der Waals surface area contributed by atoms with E-state index in [9.17, 15) is 5.11 Å². The second-order valence-electron chi connectivity index (χ2n) is 7.46. The predicted molar refractivity (Wildman–Crippen MR) is 112 cm³/mol. The van der Waals surface area contributed by atoms with E-state index in [-0.39, 0.29) is 29.4 Å². The van der Waals surface area contributed by atoms with Gasteiger partial charge in [-0.3, -0.25) is 4.99 Å². The third kappa shape index (κ3) is 4.39. The Morgan fingerprint density at radius 2 is 2.04 bits per heavy atom. The van der Waals surface area contributed by atoms with Gasteiger partial charge in [0.1, 0.15) is 5.75 Å². The van der Waals surface area contributed by atoms with Gasteiger partial charge in [0.2, 0.25) is 0 Å². The molecule has 0 amide bonds. The van der Waals surface area contributed by atoms with Crippen LogP contribution in [0.4, 0.5) is 0 Å². The molecule has 3 N–H and O–H groups in total. The Labute approximate surface area is 167 Å². The number of nitrogens with one attached hydrogen (secondary N) is 2. The fourth-order valence-corrected chi connectivity index (χ4v) is 4.12. The third-order valence-corrected chi connectivity index (χ3v) is 5.49. The summed E-state index contributed by atoms with van der Waals surface area (Å²) in [6.07, 6.45) is 3.54. The molecule has 1 aromatic rings. The summed E-state index contributed by atoms with van der Waals surface area (Å²) >= 11 is 0. The average molecular weight is 459 g/mol. The van der Waals surface area contributed by atoms with E-state index < -0.39 is 0 Å².